The van der Waals surface area contributed by atoms with Crippen LogP contribution in [0.5, 0.6) is 0 Å². The number of hydrogen-bond donors (Lipinski definition) is 4. The standard InChI is InChI=1S/C22H21N3O3/c26-22(25-27)21-10-9-20(28-21)16-7-5-15(6-8-16)13-23-12-11-17-14-24-19-4-2-1-3-18(17)19/h1-10,14,23-24,27H,11-13H2,(H,25,26). The third kappa shape index (κ3) is 3.83. The number of hydrogen-bond acceptors (Lipinski definition) is 4. The largest absolute Gasteiger partial charge is 0.451 e. The number of aromatic amines is 1. The Kier molecular flexibility index (Phi) is 5.23. The Hall–Kier alpha value is -3.35. The summed E-state index contributed by atoms with van der Waals surface area (Å²) in [7, 11) is 0. The number of amides is 1. The van der Waals surface area contributed by atoms with Gasteiger partial charge in [-0.25, -0.2) is 5.48 Å². The minimum absolute atomic E-state index is 0.0699. The van der Waals surface area contributed by atoms with Gasteiger partial charge in [0.25, 0.3) is 0 Å². The topological polar surface area (TPSA) is 90.3 Å². The van der Waals surface area contributed by atoms with E-state index in [0.29, 0.717) is 5.76 Å². The Morgan fingerprint density at radius 2 is 1.86 bits per heavy atom. The molecule has 4 rings (SSSR count). The molecule has 2 aromatic carbocycles. The average molecular weight is 375 g/mol. The van der Waals surface area contributed by atoms with Crippen molar-refractivity contribution in [1.29, 1.82) is 0 Å². The normalized spacial score (nSPS) is 11.0. The molecule has 0 saturated heterocycles. The summed E-state index contributed by atoms with van der Waals surface area (Å²) in [5.41, 5.74) is 6.09. The molecule has 6 heteroatoms. The minimum atomic E-state index is -0.665. The minimum Gasteiger partial charge on any atom is -0.451 e. The van der Waals surface area contributed by atoms with Crippen LogP contribution in [-0.2, 0) is 13.0 Å². The van der Waals surface area contributed by atoms with Gasteiger partial charge in [-0.05, 0) is 42.3 Å². The number of carbonyl (C=O) groups is 1. The molecule has 0 aliphatic rings. The van der Waals surface area contributed by atoms with Gasteiger partial charge in [0.1, 0.15) is 5.76 Å². The average Bonchev–Trinajstić information content (AvgIpc) is 3.39. The van der Waals surface area contributed by atoms with E-state index in [4.69, 9.17) is 9.62 Å². The molecule has 0 aliphatic heterocycles. The number of rotatable bonds is 7. The molecule has 4 N–H and O–H groups in total. The Balaban J connectivity index is 1.31. The first-order valence-corrected chi connectivity index (χ1v) is 9.14. The molecule has 0 saturated carbocycles. The summed E-state index contributed by atoms with van der Waals surface area (Å²) in [6.45, 7) is 1.67. The molecule has 0 unspecified atom stereocenters. The quantitative estimate of drug-likeness (QED) is 0.224. The van der Waals surface area contributed by atoms with E-state index in [1.807, 2.05) is 30.3 Å². The van der Waals surface area contributed by atoms with E-state index in [-0.39, 0.29) is 5.76 Å². The summed E-state index contributed by atoms with van der Waals surface area (Å²) in [4.78, 5) is 14.7. The van der Waals surface area contributed by atoms with Crippen LogP contribution in [0.3, 0.4) is 0 Å². The molecule has 0 atom stereocenters. The van der Waals surface area contributed by atoms with Crippen LogP contribution < -0.4 is 10.8 Å². The molecule has 1 amide bonds. The zero-order valence-corrected chi connectivity index (χ0v) is 15.2. The number of H-pyrrole nitrogens is 1. The van der Waals surface area contributed by atoms with Gasteiger partial charge in [-0.3, -0.25) is 10.0 Å². The van der Waals surface area contributed by atoms with Crippen LogP contribution in [0.2, 0.25) is 0 Å². The van der Waals surface area contributed by atoms with Gasteiger partial charge < -0.3 is 14.7 Å². The third-order valence-electron chi connectivity index (χ3n) is 4.74. The highest BCUT2D eigenvalue weighted by atomic mass is 16.5. The van der Waals surface area contributed by atoms with Crippen molar-refractivity contribution in [2.24, 2.45) is 0 Å². The number of para-hydroxylation sites is 1. The molecular formula is C22H21N3O3. The van der Waals surface area contributed by atoms with Gasteiger partial charge in [0, 0.05) is 29.2 Å². The highest BCUT2D eigenvalue weighted by Crippen LogP contribution is 2.23. The van der Waals surface area contributed by atoms with E-state index < -0.39 is 5.91 Å². The van der Waals surface area contributed by atoms with Crippen molar-refractivity contribution in [2.45, 2.75) is 13.0 Å². The molecule has 142 valence electrons. The summed E-state index contributed by atoms with van der Waals surface area (Å²) in [5, 5.41) is 13.4. The van der Waals surface area contributed by atoms with Crippen LogP contribution in [0.1, 0.15) is 21.7 Å². The van der Waals surface area contributed by atoms with Crippen LogP contribution >= 0.6 is 0 Å². The van der Waals surface area contributed by atoms with Crippen molar-refractivity contribution in [3.05, 3.63) is 83.7 Å². The predicted octanol–water partition coefficient (Wildman–Crippen LogP) is 3.88. The lowest BCUT2D eigenvalue weighted by atomic mass is 10.1. The van der Waals surface area contributed by atoms with Crippen molar-refractivity contribution in [3.8, 4) is 11.3 Å². The lowest BCUT2D eigenvalue weighted by Gasteiger charge is -2.06. The monoisotopic (exact) mass is 375 g/mol. The Morgan fingerprint density at radius 1 is 1.04 bits per heavy atom. The third-order valence-corrected chi connectivity index (χ3v) is 4.74. The van der Waals surface area contributed by atoms with Crippen molar-refractivity contribution in [1.82, 2.24) is 15.8 Å². The first-order valence-electron chi connectivity index (χ1n) is 9.14. The number of nitrogens with one attached hydrogen (secondary N) is 3. The molecule has 4 aromatic rings. The van der Waals surface area contributed by atoms with Crippen LogP contribution in [0, 0.1) is 0 Å². The molecule has 2 aromatic heterocycles. The fourth-order valence-corrected chi connectivity index (χ4v) is 3.25. The zero-order chi connectivity index (χ0) is 19.3. The summed E-state index contributed by atoms with van der Waals surface area (Å²) in [6.07, 6.45) is 3.04. The van der Waals surface area contributed by atoms with Gasteiger partial charge in [0.05, 0.1) is 0 Å². The second-order valence-corrected chi connectivity index (χ2v) is 6.59. The van der Waals surface area contributed by atoms with E-state index in [0.717, 1.165) is 25.1 Å². The Bertz CT molecular complexity index is 1080. The highest BCUT2D eigenvalue weighted by molar-refractivity contribution is 5.91. The molecule has 0 bridgehead atoms. The predicted molar refractivity (Wildman–Crippen MR) is 107 cm³/mol. The molecule has 0 spiro atoms. The molecule has 0 fully saturated rings. The zero-order valence-electron chi connectivity index (χ0n) is 15.2. The lowest BCUT2D eigenvalue weighted by Crippen LogP contribution is -2.17. The molecule has 6 nitrogen and oxygen atoms in total. The van der Waals surface area contributed by atoms with E-state index in [9.17, 15) is 4.79 Å². The summed E-state index contributed by atoms with van der Waals surface area (Å²) in [6, 6.07) is 19.5. The van der Waals surface area contributed by atoms with Crippen LogP contribution in [0.25, 0.3) is 22.2 Å². The molecule has 0 aliphatic carbocycles. The fraction of sp³-hybridized carbons (Fsp3) is 0.136. The molecule has 0 radical (unpaired) electrons. The SMILES string of the molecule is O=C(NO)c1ccc(-c2ccc(CNCCc3c[nH]c4ccccc34)cc2)o1. The fourth-order valence-electron chi connectivity index (χ4n) is 3.25. The highest BCUT2D eigenvalue weighted by Gasteiger charge is 2.11. The number of furan rings is 1. The van der Waals surface area contributed by atoms with E-state index in [1.54, 1.807) is 11.5 Å². The van der Waals surface area contributed by atoms with Gasteiger partial charge in [-0.15, -0.1) is 0 Å². The van der Waals surface area contributed by atoms with Crippen molar-refractivity contribution < 1.29 is 14.4 Å². The molecule has 2 heterocycles. The van der Waals surface area contributed by atoms with E-state index in [2.05, 4.69) is 34.7 Å². The van der Waals surface area contributed by atoms with Crippen LogP contribution in [0.15, 0.2) is 71.3 Å². The maximum Gasteiger partial charge on any atom is 0.310 e. The number of fused-ring (bicyclic) bond motifs is 1. The van der Waals surface area contributed by atoms with Gasteiger partial charge in [0.15, 0.2) is 5.76 Å². The van der Waals surface area contributed by atoms with Crippen molar-refractivity contribution >= 4 is 16.8 Å². The first kappa shape index (κ1) is 18.0. The van der Waals surface area contributed by atoms with Gasteiger partial charge >= 0.3 is 5.91 Å². The maximum absolute atomic E-state index is 11.4. The number of aromatic nitrogens is 1. The summed E-state index contributed by atoms with van der Waals surface area (Å²) < 4.78 is 5.45. The number of carbonyl (C=O) groups excluding carboxylic acids is 1. The molecular weight excluding hydrogens is 354 g/mol. The number of benzene rings is 2. The van der Waals surface area contributed by atoms with Gasteiger partial charge in [0.2, 0.25) is 0 Å². The number of hydroxylamine groups is 1. The molecule has 28 heavy (non-hydrogen) atoms. The van der Waals surface area contributed by atoms with Crippen LogP contribution in [-0.4, -0.2) is 22.6 Å². The van der Waals surface area contributed by atoms with Crippen molar-refractivity contribution in [3.63, 3.8) is 0 Å². The van der Waals surface area contributed by atoms with Gasteiger partial charge in [-0.1, -0.05) is 42.5 Å². The second kappa shape index (κ2) is 8.12. The smallest absolute Gasteiger partial charge is 0.310 e. The maximum atomic E-state index is 11.4. The van der Waals surface area contributed by atoms with Gasteiger partial charge in [-0.2, -0.15) is 0 Å². The van der Waals surface area contributed by atoms with E-state index >= 15 is 0 Å². The first-order chi connectivity index (χ1) is 13.7. The Morgan fingerprint density at radius 3 is 2.68 bits per heavy atom. The summed E-state index contributed by atoms with van der Waals surface area (Å²) in [5.74, 6) is -0.0137. The lowest BCUT2D eigenvalue weighted by molar-refractivity contribution is 0.0677. The van der Waals surface area contributed by atoms with Crippen LogP contribution in [0.4, 0.5) is 0 Å². The second-order valence-electron chi connectivity index (χ2n) is 6.59. The Labute approximate surface area is 162 Å². The summed E-state index contributed by atoms with van der Waals surface area (Å²) >= 11 is 0. The van der Waals surface area contributed by atoms with Crippen molar-refractivity contribution in [2.75, 3.05) is 6.54 Å². The van der Waals surface area contributed by atoms with E-state index in [1.165, 1.54) is 28.1 Å².